The van der Waals surface area contributed by atoms with E-state index in [4.69, 9.17) is 9.72 Å². The van der Waals surface area contributed by atoms with Gasteiger partial charge in [-0.3, -0.25) is 0 Å². The molecule has 5 nitrogen and oxygen atoms in total. The predicted octanol–water partition coefficient (Wildman–Crippen LogP) is 5.57. The van der Waals surface area contributed by atoms with E-state index >= 15 is 0 Å². The van der Waals surface area contributed by atoms with Gasteiger partial charge in [0.1, 0.15) is 11.6 Å². The molecule has 4 aromatic rings. The largest absolute Gasteiger partial charge is 0.497 e. The third kappa shape index (κ3) is 4.71. The van der Waals surface area contributed by atoms with Gasteiger partial charge in [0.05, 0.1) is 13.7 Å². The van der Waals surface area contributed by atoms with Crippen molar-refractivity contribution in [1.29, 1.82) is 0 Å². The van der Waals surface area contributed by atoms with Crippen molar-refractivity contribution < 1.29 is 4.74 Å². The second-order valence-corrected chi connectivity index (χ2v) is 6.50. The molecule has 0 aliphatic carbocycles. The number of rotatable bonds is 7. The fourth-order valence-corrected chi connectivity index (χ4v) is 3.02. The Kier molecular flexibility index (Phi) is 5.67. The maximum absolute atomic E-state index is 5.22. The summed E-state index contributed by atoms with van der Waals surface area (Å²) in [7, 11) is 1.66. The molecule has 0 bridgehead atoms. The summed E-state index contributed by atoms with van der Waals surface area (Å²) in [6.45, 7) is 0.677. The average Bonchev–Trinajstić information content (AvgIpc) is 2.79. The number of methoxy groups -OCH3 is 1. The lowest BCUT2D eigenvalue weighted by Gasteiger charge is -2.23. The lowest BCUT2D eigenvalue weighted by Crippen LogP contribution is -2.19. The number of anilines is 4. The topological polar surface area (TPSA) is 50.3 Å². The van der Waals surface area contributed by atoms with Crippen LogP contribution in [0.2, 0.25) is 0 Å². The summed E-state index contributed by atoms with van der Waals surface area (Å²) in [4.78, 5) is 11.4. The Labute approximate surface area is 170 Å². The summed E-state index contributed by atoms with van der Waals surface area (Å²) in [5, 5.41) is 3.33. The molecule has 1 aromatic heterocycles. The molecule has 0 amide bonds. The van der Waals surface area contributed by atoms with Crippen molar-refractivity contribution in [2.45, 2.75) is 6.54 Å². The van der Waals surface area contributed by atoms with Gasteiger partial charge in [0.2, 0.25) is 5.95 Å². The second kappa shape index (κ2) is 8.89. The van der Waals surface area contributed by atoms with Crippen molar-refractivity contribution >= 4 is 23.1 Å². The molecule has 3 aromatic carbocycles. The summed E-state index contributed by atoms with van der Waals surface area (Å²) < 4.78 is 5.22. The van der Waals surface area contributed by atoms with Crippen molar-refractivity contribution in [2.24, 2.45) is 0 Å². The van der Waals surface area contributed by atoms with E-state index in [0.29, 0.717) is 12.5 Å². The average molecular weight is 382 g/mol. The Bertz CT molecular complexity index is 1040. The number of aromatic nitrogens is 2. The van der Waals surface area contributed by atoms with Crippen LogP contribution in [0, 0.1) is 0 Å². The van der Waals surface area contributed by atoms with Gasteiger partial charge >= 0.3 is 0 Å². The van der Waals surface area contributed by atoms with Gasteiger partial charge in [0, 0.05) is 17.6 Å². The van der Waals surface area contributed by atoms with Crippen LogP contribution in [0.15, 0.2) is 97.2 Å². The van der Waals surface area contributed by atoms with Crippen molar-refractivity contribution in [1.82, 2.24) is 9.97 Å². The Morgan fingerprint density at radius 3 is 2.21 bits per heavy atom. The van der Waals surface area contributed by atoms with Crippen LogP contribution in [0.3, 0.4) is 0 Å². The van der Waals surface area contributed by atoms with E-state index in [-0.39, 0.29) is 0 Å². The first-order valence-corrected chi connectivity index (χ1v) is 9.42. The third-order valence-corrected chi connectivity index (χ3v) is 4.50. The van der Waals surface area contributed by atoms with Crippen LogP contribution >= 0.6 is 0 Å². The van der Waals surface area contributed by atoms with Gasteiger partial charge in [-0.25, -0.2) is 4.98 Å². The molecule has 0 radical (unpaired) electrons. The fraction of sp³-hybridized carbons (Fsp3) is 0.0833. The van der Waals surface area contributed by atoms with Crippen LogP contribution < -0.4 is 15.0 Å². The highest BCUT2D eigenvalue weighted by atomic mass is 16.5. The molecule has 1 heterocycles. The number of nitrogens with zero attached hydrogens (tertiary/aromatic N) is 3. The SMILES string of the molecule is COc1ccc(Nc2ccnc(N(Cc3ccccc3)c3ccccc3)n2)cc1. The molecule has 144 valence electrons. The highest BCUT2D eigenvalue weighted by Gasteiger charge is 2.13. The highest BCUT2D eigenvalue weighted by Crippen LogP contribution is 2.26. The summed E-state index contributed by atoms with van der Waals surface area (Å²) in [6.07, 6.45) is 1.77. The van der Waals surface area contributed by atoms with Gasteiger partial charge in [-0.15, -0.1) is 0 Å². The van der Waals surface area contributed by atoms with Gasteiger partial charge in [0.15, 0.2) is 0 Å². The number of hydrogen-bond donors (Lipinski definition) is 1. The fourth-order valence-electron chi connectivity index (χ4n) is 3.02. The molecule has 4 rings (SSSR count). The number of benzene rings is 3. The molecule has 29 heavy (non-hydrogen) atoms. The Hall–Kier alpha value is -3.86. The minimum absolute atomic E-state index is 0.638. The quantitative estimate of drug-likeness (QED) is 0.453. The molecular formula is C24H22N4O. The first kappa shape index (κ1) is 18.5. The maximum Gasteiger partial charge on any atom is 0.232 e. The van der Waals surface area contributed by atoms with E-state index in [1.165, 1.54) is 5.56 Å². The molecule has 0 unspecified atom stereocenters. The van der Waals surface area contributed by atoms with Crippen LogP contribution in [0.1, 0.15) is 5.56 Å². The lowest BCUT2D eigenvalue weighted by molar-refractivity contribution is 0.415. The molecule has 0 aliphatic rings. The van der Waals surface area contributed by atoms with Crippen molar-refractivity contribution in [3.8, 4) is 5.75 Å². The molecule has 0 saturated heterocycles. The minimum atomic E-state index is 0.638. The van der Waals surface area contributed by atoms with Crippen LogP contribution in [0.4, 0.5) is 23.1 Å². The molecule has 0 saturated carbocycles. The molecule has 0 spiro atoms. The smallest absolute Gasteiger partial charge is 0.232 e. The predicted molar refractivity (Wildman–Crippen MR) is 117 cm³/mol. The highest BCUT2D eigenvalue weighted by molar-refractivity contribution is 5.61. The lowest BCUT2D eigenvalue weighted by atomic mass is 10.2. The normalized spacial score (nSPS) is 10.4. The molecule has 0 aliphatic heterocycles. The molecule has 1 N–H and O–H groups in total. The molecule has 5 heteroatoms. The standard InChI is InChI=1S/C24H22N4O/c1-29-22-14-12-20(13-15-22)26-23-16-17-25-24(27-23)28(21-10-6-3-7-11-21)18-19-8-4-2-5-9-19/h2-17H,18H2,1H3,(H,25,26,27). The van der Waals surface area contributed by atoms with E-state index in [2.05, 4.69) is 39.5 Å². The molecular weight excluding hydrogens is 360 g/mol. The van der Waals surface area contributed by atoms with Crippen molar-refractivity contribution in [2.75, 3.05) is 17.3 Å². The zero-order valence-electron chi connectivity index (χ0n) is 16.2. The van der Waals surface area contributed by atoms with E-state index in [1.807, 2.05) is 66.7 Å². The summed E-state index contributed by atoms with van der Waals surface area (Å²) in [5.41, 5.74) is 3.16. The van der Waals surface area contributed by atoms with Crippen LogP contribution in [0.25, 0.3) is 0 Å². The van der Waals surface area contributed by atoms with Crippen molar-refractivity contribution in [3.63, 3.8) is 0 Å². The molecule has 0 atom stereocenters. The summed E-state index contributed by atoms with van der Waals surface area (Å²) >= 11 is 0. The second-order valence-electron chi connectivity index (χ2n) is 6.50. The first-order valence-electron chi connectivity index (χ1n) is 9.42. The van der Waals surface area contributed by atoms with Gasteiger partial charge < -0.3 is 15.0 Å². The van der Waals surface area contributed by atoms with Crippen LogP contribution in [-0.4, -0.2) is 17.1 Å². The Morgan fingerprint density at radius 2 is 1.52 bits per heavy atom. The monoisotopic (exact) mass is 382 g/mol. The van der Waals surface area contributed by atoms with Gasteiger partial charge in [-0.05, 0) is 48.0 Å². The molecule has 0 fully saturated rings. The van der Waals surface area contributed by atoms with Gasteiger partial charge in [-0.2, -0.15) is 4.98 Å². The zero-order valence-corrected chi connectivity index (χ0v) is 16.2. The van der Waals surface area contributed by atoms with Crippen LogP contribution in [0.5, 0.6) is 5.75 Å². The van der Waals surface area contributed by atoms with E-state index in [9.17, 15) is 0 Å². The summed E-state index contributed by atoms with van der Waals surface area (Å²) in [5.74, 6) is 2.18. The zero-order chi connectivity index (χ0) is 19.9. The summed E-state index contributed by atoms with van der Waals surface area (Å²) in [6, 6.07) is 30.1. The Balaban J connectivity index is 1.62. The van der Waals surface area contributed by atoms with Gasteiger partial charge in [0.25, 0.3) is 0 Å². The van der Waals surface area contributed by atoms with E-state index in [0.717, 1.165) is 22.9 Å². The number of ether oxygens (including phenoxy) is 1. The minimum Gasteiger partial charge on any atom is -0.497 e. The number of para-hydroxylation sites is 1. The third-order valence-electron chi connectivity index (χ3n) is 4.50. The number of nitrogens with one attached hydrogen (secondary N) is 1. The van der Waals surface area contributed by atoms with Gasteiger partial charge in [-0.1, -0.05) is 48.5 Å². The van der Waals surface area contributed by atoms with Crippen LogP contribution in [-0.2, 0) is 6.54 Å². The number of hydrogen-bond acceptors (Lipinski definition) is 5. The van der Waals surface area contributed by atoms with Crippen molar-refractivity contribution in [3.05, 3.63) is 103 Å². The first-order chi connectivity index (χ1) is 14.3. The van der Waals surface area contributed by atoms with E-state index < -0.39 is 0 Å². The maximum atomic E-state index is 5.22. The van der Waals surface area contributed by atoms with E-state index in [1.54, 1.807) is 13.3 Å². The Morgan fingerprint density at radius 1 is 0.828 bits per heavy atom.